The van der Waals surface area contributed by atoms with Crippen LogP contribution in [0.5, 0.6) is 0 Å². The van der Waals surface area contributed by atoms with E-state index in [9.17, 15) is 0 Å². The van der Waals surface area contributed by atoms with Gasteiger partial charge in [-0.2, -0.15) is 4.98 Å². The van der Waals surface area contributed by atoms with Crippen molar-refractivity contribution in [2.75, 3.05) is 26.7 Å². The molecule has 3 aliphatic rings. The zero-order valence-electron chi connectivity index (χ0n) is 12.8. The maximum atomic E-state index is 5.52. The van der Waals surface area contributed by atoms with E-state index in [-0.39, 0.29) is 0 Å². The highest BCUT2D eigenvalue weighted by molar-refractivity contribution is 9.10. The molecule has 4 heterocycles. The Kier molecular flexibility index (Phi) is 3.57. The topological polar surface area (TPSA) is 38.9 Å². The number of hydrogen-bond acceptors (Lipinski definition) is 3. The van der Waals surface area contributed by atoms with Crippen LogP contribution in [0.25, 0.3) is 11.4 Å². The van der Waals surface area contributed by atoms with Gasteiger partial charge in [-0.15, -0.1) is 0 Å². The van der Waals surface area contributed by atoms with E-state index in [2.05, 4.69) is 33.1 Å². The average molecular weight is 363 g/mol. The second-order valence-corrected chi connectivity index (χ2v) is 7.99. The summed E-state index contributed by atoms with van der Waals surface area (Å²) in [6, 6.07) is 8.03. The lowest BCUT2D eigenvalue weighted by Crippen LogP contribution is -2.59. The van der Waals surface area contributed by atoms with Crippen LogP contribution >= 0.6 is 15.9 Å². The number of halogens is 1. The summed E-state index contributed by atoms with van der Waals surface area (Å²) in [6.07, 6.45) is 3.64. The van der Waals surface area contributed by atoms with Crippen molar-refractivity contribution in [3.8, 4) is 11.4 Å². The SMILES string of the molecule is C[N+]12CCC(CC1)C(Cc1nc(-c3cccc(Br)c3)no1)C2. The van der Waals surface area contributed by atoms with E-state index < -0.39 is 0 Å². The minimum Gasteiger partial charge on any atom is -0.339 e. The van der Waals surface area contributed by atoms with Gasteiger partial charge in [-0.25, -0.2) is 0 Å². The van der Waals surface area contributed by atoms with Crippen LogP contribution in [-0.4, -0.2) is 41.3 Å². The van der Waals surface area contributed by atoms with E-state index in [0.29, 0.717) is 11.7 Å². The van der Waals surface area contributed by atoms with Crippen molar-refractivity contribution in [3.05, 3.63) is 34.6 Å². The van der Waals surface area contributed by atoms with E-state index in [1.165, 1.54) is 37.0 Å². The monoisotopic (exact) mass is 362 g/mol. The molecular formula is C17H21BrN3O+. The Labute approximate surface area is 139 Å². The molecule has 1 aromatic carbocycles. The Hall–Kier alpha value is -1.20. The summed E-state index contributed by atoms with van der Waals surface area (Å²) in [6.45, 7) is 3.95. The summed E-state index contributed by atoms with van der Waals surface area (Å²) in [7, 11) is 2.39. The first-order valence-corrected chi connectivity index (χ1v) is 8.83. The Morgan fingerprint density at radius 2 is 2.14 bits per heavy atom. The number of benzene rings is 1. The van der Waals surface area contributed by atoms with E-state index in [1.807, 2.05) is 24.3 Å². The predicted octanol–water partition coefficient (Wildman–Crippen LogP) is 3.53. The Bertz CT molecular complexity index is 676. The van der Waals surface area contributed by atoms with Gasteiger partial charge >= 0.3 is 0 Å². The van der Waals surface area contributed by atoms with E-state index in [4.69, 9.17) is 4.52 Å². The molecule has 3 saturated heterocycles. The fourth-order valence-corrected chi connectivity index (χ4v) is 4.52. The Morgan fingerprint density at radius 1 is 1.32 bits per heavy atom. The number of fused-ring (bicyclic) bond motifs is 3. The second-order valence-electron chi connectivity index (χ2n) is 7.07. The van der Waals surface area contributed by atoms with Gasteiger partial charge in [0.15, 0.2) is 0 Å². The fourth-order valence-electron chi connectivity index (χ4n) is 4.12. The van der Waals surface area contributed by atoms with Crippen LogP contribution in [0.1, 0.15) is 18.7 Å². The molecule has 3 fully saturated rings. The van der Waals surface area contributed by atoms with Crippen LogP contribution in [0.2, 0.25) is 0 Å². The van der Waals surface area contributed by atoms with Crippen LogP contribution in [-0.2, 0) is 6.42 Å². The third-order valence-electron chi connectivity index (χ3n) is 5.41. The van der Waals surface area contributed by atoms with Crippen molar-refractivity contribution in [1.29, 1.82) is 0 Å². The summed E-state index contributed by atoms with van der Waals surface area (Å²) in [5.41, 5.74) is 0.997. The molecule has 116 valence electrons. The number of nitrogens with zero attached hydrogens (tertiary/aromatic N) is 3. The summed E-state index contributed by atoms with van der Waals surface area (Å²) < 4.78 is 7.78. The zero-order chi connectivity index (χ0) is 15.2. The van der Waals surface area contributed by atoms with Crippen LogP contribution < -0.4 is 0 Å². The smallest absolute Gasteiger partial charge is 0.227 e. The fraction of sp³-hybridized carbons (Fsp3) is 0.529. The second kappa shape index (κ2) is 5.46. The standard InChI is InChI=1S/C17H21BrN3O/c1-21-7-5-12(6-8-21)14(11-21)10-16-19-17(20-22-16)13-3-2-4-15(18)9-13/h2-4,9,12,14H,5-8,10-11H2,1H3/q+1. The lowest BCUT2D eigenvalue weighted by atomic mass is 9.76. The third kappa shape index (κ3) is 2.72. The van der Waals surface area contributed by atoms with Gasteiger partial charge in [0.25, 0.3) is 0 Å². The third-order valence-corrected chi connectivity index (χ3v) is 5.90. The van der Waals surface area contributed by atoms with Crippen LogP contribution in [0.15, 0.2) is 33.3 Å². The molecule has 22 heavy (non-hydrogen) atoms. The number of aromatic nitrogens is 2. The summed E-state index contributed by atoms with van der Waals surface area (Å²) in [4.78, 5) is 4.62. The molecule has 1 unspecified atom stereocenters. The molecule has 5 heteroatoms. The van der Waals surface area contributed by atoms with Gasteiger partial charge in [0, 0.05) is 35.2 Å². The minimum absolute atomic E-state index is 0.693. The number of hydrogen-bond donors (Lipinski definition) is 0. The van der Waals surface area contributed by atoms with E-state index >= 15 is 0 Å². The molecule has 0 amide bonds. The molecular weight excluding hydrogens is 342 g/mol. The molecule has 5 rings (SSSR count). The Morgan fingerprint density at radius 3 is 2.86 bits per heavy atom. The van der Waals surface area contributed by atoms with E-state index in [0.717, 1.165) is 28.3 Å². The molecule has 0 saturated carbocycles. The first-order chi connectivity index (χ1) is 10.6. The van der Waals surface area contributed by atoms with Gasteiger partial charge in [-0.1, -0.05) is 33.2 Å². The van der Waals surface area contributed by atoms with Gasteiger partial charge < -0.3 is 9.01 Å². The number of piperidine rings is 3. The molecule has 0 spiro atoms. The molecule has 2 bridgehead atoms. The molecule has 1 aromatic heterocycles. The number of quaternary nitrogens is 1. The van der Waals surface area contributed by atoms with Crippen molar-refractivity contribution < 1.29 is 9.01 Å². The van der Waals surface area contributed by atoms with E-state index in [1.54, 1.807) is 0 Å². The lowest BCUT2D eigenvalue weighted by Gasteiger charge is -2.50. The highest BCUT2D eigenvalue weighted by Gasteiger charge is 2.43. The maximum Gasteiger partial charge on any atom is 0.227 e. The van der Waals surface area contributed by atoms with Gasteiger partial charge in [0.05, 0.1) is 26.7 Å². The molecule has 2 aromatic rings. The quantitative estimate of drug-likeness (QED) is 0.784. The van der Waals surface area contributed by atoms with Crippen molar-refractivity contribution >= 4 is 15.9 Å². The minimum atomic E-state index is 0.693. The molecule has 0 aliphatic carbocycles. The van der Waals surface area contributed by atoms with Gasteiger partial charge in [0.1, 0.15) is 0 Å². The molecule has 0 radical (unpaired) electrons. The number of rotatable bonds is 3. The highest BCUT2D eigenvalue weighted by atomic mass is 79.9. The van der Waals surface area contributed by atoms with Gasteiger partial charge in [0.2, 0.25) is 11.7 Å². The predicted molar refractivity (Wildman–Crippen MR) is 88.1 cm³/mol. The normalized spacial score (nSPS) is 30.6. The van der Waals surface area contributed by atoms with Crippen LogP contribution in [0.4, 0.5) is 0 Å². The molecule has 3 aliphatic heterocycles. The molecule has 1 atom stereocenters. The highest BCUT2D eigenvalue weighted by Crippen LogP contribution is 2.38. The van der Waals surface area contributed by atoms with Crippen molar-refractivity contribution in [3.63, 3.8) is 0 Å². The first kappa shape index (κ1) is 14.4. The summed E-state index contributed by atoms with van der Waals surface area (Å²) in [5, 5.41) is 4.16. The maximum absolute atomic E-state index is 5.52. The van der Waals surface area contributed by atoms with Crippen molar-refractivity contribution in [2.24, 2.45) is 11.8 Å². The Balaban J connectivity index is 1.51. The first-order valence-electron chi connectivity index (χ1n) is 8.03. The average Bonchev–Trinajstić information content (AvgIpc) is 2.96. The van der Waals surface area contributed by atoms with Gasteiger partial charge in [-0.05, 0) is 18.1 Å². The summed E-state index contributed by atoms with van der Waals surface area (Å²) in [5.74, 6) is 3.03. The zero-order valence-corrected chi connectivity index (χ0v) is 14.4. The molecule has 4 nitrogen and oxygen atoms in total. The van der Waals surface area contributed by atoms with Gasteiger partial charge in [-0.3, -0.25) is 0 Å². The van der Waals surface area contributed by atoms with Crippen molar-refractivity contribution in [2.45, 2.75) is 19.3 Å². The summed E-state index contributed by atoms with van der Waals surface area (Å²) >= 11 is 3.49. The van der Waals surface area contributed by atoms with Crippen LogP contribution in [0, 0.1) is 11.8 Å². The van der Waals surface area contributed by atoms with Crippen LogP contribution in [0.3, 0.4) is 0 Å². The lowest BCUT2D eigenvalue weighted by molar-refractivity contribution is -0.929. The largest absolute Gasteiger partial charge is 0.339 e. The van der Waals surface area contributed by atoms with Crippen molar-refractivity contribution in [1.82, 2.24) is 10.1 Å². The molecule has 0 N–H and O–H groups in total.